The summed E-state index contributed by atoms with van der Waals surface area (Å²) in [6, 6.07) is 11.7. The van der Waals surface area contributed by atoms with Crippen LogP contribution in [-0.4, -0.2) is 13.0 Å². The lowest BCUT2D eigenvalue weighted by Crippen LogP contribution is -2.13. The fraction of sp³-hybridized carbons (Fsp3) is 0.278. The summed E-state index contributed by atoms with van der Waals surface area (Å²) in [4.78, 5) is 11.6. The van der Waals surface area contributed by atoms with E-state index >= 15 is 0 Å². The molecule has 0 saturated carbocycles. The Kier molecular flexibility index (Phi) is 4.43. The SMILES string of the molecule is CC(C)Cc1cccc(NS(=O)(=O)c2ccc3c(c2)oc(=O)n3C)c1. The van der Waals surface area contributed by atoms with E-state index in [-0.39, 0.29) is 10.5 Å². The minimum atomic E-state index is -3.77. The zero-order chi connectivity index (χ0) is 18.2. The second-order valence-corrected chi connectivity index (χ2v) is 8.14. The molecule has 7 heteroatoms. The molecule has 25 heavy (non-hydrogen) atoms. The van der Waals surface area contributed by atoms with Crippen LogP contribution >= 0.6 is 0 Å². The molecule has 0 bridgehead atoms. The molecular weight excluding hydrogens is 340 g/mol. The number of nitrogens with zero attached hydrogens (tertiary/aromatic N) is 1. The number of rotatable bonds is 5. The van der Waals surface area contributed by atoms with E-state index in [0.717, 1.165) is 12.0 Å². The Morgan fingerprint density at radius 2 is 1.92 bits per heavy atom. The Morgan fingerprint density at radius 1 is 1.16 bits per heavy atom. The van der Waals surface area contributed by atoms with E-state index in [2.05, 4.69) is 18.6 Å². The number of benzene rings is 2. The van der Waals surface area contributed by atoms with Gasteiger partial charge in [-0.05, 0) is 42.2 Å². The standard InChI is InChI=1S/C18H20N2O4S/c1-12(2)9-13-5-4-6-14(10-13)19-25(22,23)15-7-8-16-17(11-15)24-18(21)20(16)3/h4-8,10-12,19H,9H2,1-3H3. The maximum atomic E-state index is 12.6. The van der Waals surface area contributed by atoms with Crippen molar-refractivity contribution in [3.05, 3.63) is 58.6 Å². The monoisotopic (exact) mass is 360 g/mol. The molecular formula is C18H20N2O4S. The quantitative estimate of drug-likeness (QED) is 0.758. The molecule has 3 rings (SSSR count). The molecule has 0 unspecified atom stereocenters. The number of hydrogen-bond donors (Lipinski definition) is 1. The summed E-state index contributed by atoms with van der Waals surface area (Å²) >= 11 is 0. The van der Waals surface area contributed by atoms with Gasteiger partial charge >= 0.3 is 5.76 Å². The molecule has 0 aliphatic heterocycles. The lowest BCUT2D eigenvalue weighted by molar-refractivity contribution is 0.527. The molecule has 0 saturated heterocycles. The molecule has 0 aliphatic rings. The van der Waals surface area contributed by atoms with Crippen LogP contribution in [0.15, 0.2) is 56.6 Å². The lowest BCUT2D eigenvalue weighted by Gasteiger charge is -2.10. The van der Waals surface area contributed by atoms with Crippen LogP contribution in [0.4, 0.5) is 5.69 Å². The van der Waals surface area contributed by atoms with Crippen LogP contribution in [0.3, 0.4) is 0 Å². The first-order chi connectivity index (χ1) is 11.8. The summed E-state index contributed by atoms with van der Waals surface area (Å²) < 4.78 is 34.2. The summed E-state index contributed by atoms with van der Waals surface area (Å²) in [6.07, 6.45) is 0.872. The largest absolute Gasteiger partial charge is 0.419 e. The minimum absolute atomic E-state index is 0.0450. The van der Waals surface area contributed by atoms with Crippen molar-refractivity contribution in [2.45, 2.75) is 25.2 Å². The fourth-order valence-electron chi connectivity index (χ4n) is 2.73. The van der Waals surface area contributed by atoms with Gasteiger partial charge in [-0.25, -0.2) is 13.2 Å². The van der Waals surface area contributed by atoms with Crippen molar-refractivity contribution in [2.75, 3.05) is 4.72 Å². The number of oxazole rings is 1. The Balaban J connectivity index is 1.93. The molecule has 0 atom stereocenters. The van der Waals surface area contributed by atoms with Gasteiger partial charge in [0.1, 0.15) is 0 Å². The van der Waals surface area contributed by atoms with Crippen molar-refractivity contribution in [3.63, 3.8) is 0 Å². The number of hydrogen-bond acceptors (Lipinski definition) is 4. The number of nitrogens with one attached hydrogen (secondary N) is 1. The van der Waals surface area contributed by atoms with Crippen molar-refractivity contribution in [1.82, 2.24) is 4.57 Å². The highest BCUT2D eigenvalue weighted by atomic mass is 32.2. The molecule has 132 valence electrons. The fourth-order valence-corrected chi connectivity index (χ4v) is 3.79. The Morgan fingerprint density at radius 3 is 2.64 bits per heavy atom. The van der Waals surface area contributed by atoms with Crippen LogP contribution < -0.4 is 10.5 Å². The van der Waals surface area contributed by atoms with Crippen LogP contribution in [0.5, 0.6) is 0 Å². The zero-order valence-electron chi connectivity index (χ0n) is 14.3. The van der Waals surface area contributed by atoms with Crippen molar-refractivity contribution in [2.24, 2.45) is 13.0 Å². The van der Waals surface area contributed by atoms with E-state index in [0.29, 0.717) is 17.1 Å². The number of aryl methyl sites for hydroxylation is 1. The summed E-state index contributed by atoms with van der Waals surface area (Å²) in [5.74, 6) is -0.0471. The molecule has 0 radical (unpaired) electrons. The van der Waals surface area contributed by atoms with Gasteiger partial charge in [0.15, 0.2) is 5.58 Å². The van der Waals surface area contributed by atoms with Gasteiger partial charge in [-0.15, -0.1) is 0 Å². The Bertz CT molecular complexity index is 1080. The highest BCUT2D eigenvalue weighted by molar-refractivity contribution is 7.92. The molecule has 1 heterocycles. The van der Waals surface area contributed by atoms with Gasteiger partial charge in [0, 0.05) is 18.8 Å². The van der Waals surface area contributed by atoms with Crippen molar-refractivity contribution in [3.8, 4) is 0 Å². The van der Waals surface area contributed by atoms with E-state index in [1.54, 1.807) is 19.2 Å². The van der Waals surface area contributed by atoms with Crippen LogP contribution in [0, 0.1) is 5.92 Å². The first kappa shape index (κ1) is 17.3. The predicted molar refractivity (Wildman–Crippen MR) is 97.2 cm³/mol. The number of sulfonamides is 1. The van der Waals surface area contributed by atoms with Crippen LogP contribution in [-0.2, 0) is 23.5 Å². The molecule has 6 nitrogen and oxygen atoms in total. The summed E-state index contributed by atoms with van der Waals surface area (Å²) in [5, 5.41) is 0. The van der Waals surface area contributed by atoms with Crippen molar-refractivity contribution in [1.29, 1.82) is 0 Å². The molecule has 3 aromatic rings. The predicted octanol–water partition coefficient (Wildman–Crippen LogP) is 3.13. The lowest BCUT2D eigenvalue weighted by atomic mass is 10.0. The summed E-state index contributed by atoms with van der Waals surface area (Å²) in [6.45, 7) is 4.22. The molecule has 0 amide bonds. The highest BCUT2D eigenvalue weighted by Gasteiger charge is 2.17. The van der Waals surface area contributed by atoms with Crippen molar-refractivity contribution < 1.29 is 12.8 Å². The topological polar surface area (TPSA) is 81.3 Å². The Labute approximate surface area is 146 Å². The van der Waals surface area contributed by atoms with Gasteiger partial charge in [-0.2, -0.15) is 0 Å². The number of anilines is 1. The van der Waals surface area contributed by atoms with E-state index in [1.807, 2.05) is 18.2 Å². The third kappa shape index (κ3) is 3.61. The number of fused-ring (bicyclic) bond motifs is 1. The molecule has 1 aromatic heterocycles. The third-order valence-corrected chi connectivity index (χ3v) is 5.28. The maximum Gasteiger partial charge on any atom is 0.419 e. The van der Waals surface area contributed by atoms with Crippen molar-refractivity contribution >= 4 is 26.8 Å². The van der Waals surface area contributed by atoms with Crippen LogP contribution in [0.25, 0.3) is 11.1 Å². The normalized spacial score (nSPS) is 12.0. The summed E-state index contributed by atoms with van der Waals surface area (Å²) in [5.41, 5.74) is 2.36. The molecule has 0 fully saturated rings. The third-order valence-electron chi connectivity index (χ3n) is 3.90. The molecule has 1 N–H and O–H groups in total. The second-order valence-electron chi connectivity index (χ2n) is 6.46. The zero-order valence-corrected chi connectivity index (χ0v) is 15.1. The van der Waals surface area contributed by atoms with Crippen LogP contribution in [0.2, 0.25) is 0 Å². The molecule has 0 spiro atoms. The molecule has 2 aromatic carbocycles. The average molecular weight is 360 g/mol. The van der Waals surface area contributed by atoms with Crippen LogP contribution in [0.1, 0.15) is 19.4 Å². The van der Waals surface area contributed by atoms with E-state index in [1.165, 1.54) is 16.7 Å². The van der Waals surface area contributed by atoms with Gasteiger partial charge in [0.2, 0.25) is 0 Å². The maximum absolute atomic E-state index is 12.6. The summed E-state index contributed by atoms with van der Waals surface area (Å²) in [7, 11) is -2.20. The first-order valence-electron chi connectivity index (χ1n) is 7.97. The smallest absolute Gasteiger partial charge is 0.408 e. The first-order valence-corrected chi connectivity index (χ1v) is 9.46. The minimum Gasteiger partial charge on any atom is -0.408 e. The van der Waals surface area contributed by atoms with Gasteiger partial charge < -0.3 is 4.42 Å². The van der Waals surface area contributed by atoms with Gasteiger partial charge in [-0.3, -0.25) is 9.29 Å². The second kappa shape index (κ2) is 6.40. The number of aromatic nitrogens is 1. The van der Waals surface area contributed by atoms with E-state index < -0.39 is 15.8 Å². The van der Waals surface area contributed by atoms with E-state index in [4.69, 9.17) is 4.42 Å². The van der Waals surface area contributed by atoms with Gasteiger partial charge in [0.05, 0.1) is 10.4 Å². The highest BCUT2D eigenvalue weighted by Crippen LogP contribution is 2.22. The van der Waals surface area contributed by atoms with Gasteiger partial charge in [-0.1, -0.05) is 26.0 Å². The Hall–Kier alpha value is -2.54. The van der Waals surface area contributed by atoms with Gasteiger partial charge in [0.25, 0.3) is 10.0 Å². The van der Waals surface area contributed by atoms with E-state index in [9.17, 15) is 13.2 Å². The molecule has 0 aliphatic carbocycles. The average Bonchev–Trinajstić information content (AvgIpc) is 2.81.